The molecule has 0 radical (unpaired) electrons. The molecule has 0 aliphatic carbocycles. The second-order valence-corrected chi connectivity index (χ2v) is 7.57. The quantitative estimate of drug-likeness (QED) is 0.789. The summed E-state index contributed by atoms with van der Waals surface area (Å²) in [5.74, 6) is 0.610. The molecule has 28 heavy (non-hydrogen) atoms. The second-order valence-electron chi connectivity index (χ2n) is 7.57. The zero-order chi connectivity index (χ0) is 19.8. The van der Waals surface area contributed by atoms with Gasteiger partial charge in [0.05, 0.1) is 19.6 Å². The average Bonchev–Trinajstić information content (AvgIpc) is 2.99. The fourth-order valence-electron chi connectivity index (χ4n) is 4.05. The number of hydrogen-bond donors (Lipinski definition) is 0. The van der Waals surface area contributed by atoms with Crippen molar-refractivity contribution in [1.82, 2.24) is 19.2 Å². The molecule has 8 heteroatoms. The van der Waals surface area contributed by atoms with Gasteiger partial charge in [-0.2, -0.15) is 5.10 Å². The number of amides is 1. The highest BCUT2D eigenvalue weighted by atomic mass is 16.5. The standard InChI is InChI=1S/C20H27N5O3/c1-14-5-4-6-16(15(14)2)23-7-9-24(10-8-23)18(26)13-17-19-21-22(3)20(27)25(19)11-12-28-17/h4-6,17H,7-13H2,1-3H3. The summed E-state index contributed by atoms with van der Waals surface area (Å²) in [4.78, 5) is 29.2. The first-order valence-electron chi connectivity index (χ1n) is 9.80. The van der Waals surface area contributed by atoms with Gasteiger partial charge in [-0.25, -0.2) is 9.48 Å². The van der Waals surface area contributed by atoms with Crippen LogP contribution in [0.15, 0.2) is 23.0 Å². The number of aryl methyl sites for hydroxylation is 2. The molecule has 1 unspecified atom stereocenters. The SMILES string of the molecule is Cc1cccc(N2CCN(C(=O)CC3OCCn4c3nn(C)c4=O)CC2)c1C. The van der Waals surface area contributed by atoms with Gasteiger partial charge in [-0.1, -0.05) is 12.1 Å². The topological polar surface area (TPSA) is 72.6 Å². The van der Waals surface area contributed by atoms with Gasteiger partial charge in [0.1, 0.15) is 6.10 Å². The molecule has 1 aromatic heterocycles. The molecule has 0 N–H and O–H groups in total. The van der Waals surface area contributed by atoms with Crippen molar-refractivity contribution in [1.29, 1.82) is 0 Å². The highest BCUT2D eigenvalue weighted by molar-refractivity contribution is 5.77. The minimum Gasteiger partial charge on any atom is -0.368 e. The first-order chi connectivity index (χ1) is 13.5. The van der Waals surface area contributed by atoms with E-state index in [4.69, 9.17) is 4.74 Å². The summed E-state index contributed by atoms with van der Waals surface area (Å²) < 4.78 is 8.68. The van der Waals surface area contributed by atoms with Crippen molar-refractivity contribution >= 4 is 11.6 Å². The lowest BCUT2D eigenvalue weighted by molar-refractivity contribution is -0.135. The van der Waals surface area contributed by atoms with Crippen LogP contribution in [0.4, 0.5) is 5.69 Å². The van der Waals surface area contributed by atoms with Gasteiger partial charge in [0.15, 0.2) is 5.82 Å². The van der Waals surface area contributed by atoms with E-state index in [9.17, 15) is 9.59 Å². The Bertz CT molecular complexity index is 940. The molecule has 0 saturated carbocycles. The number of carbonyl (C=O) groups excluding carboxylic acids is 1. The van der Waals surface area contributed by atoms with E-state index in [-0.39, 0.29) is 18.0 Å². The maximum atomic E-state index is 12.8. The maximum absolute atomic E-state index is 12.8. The van der Waals surface area contributed by atoms with Crippen LogP contribution in [0.1, 0.15) is 29.5 Å². The Balaban J connectivity index is 1.40. The number of hydrogen-bond acceptors (Lipinski definition) is 5. The lowest BCUT2D eigenvalue weighted by Crippen LogP contribution is -2.49. The number of piperazine rings is 1. The van der Waals surface area contributed by atoms with Crippen LogP contribution in [0.25, 0.3) is 0 Å². The van der Waals surface area contributed by atoms with E-state index in [1.54, 1.807) is 11.6 Å². The van der Waals surface area contributed by atoms with Gasteiger partial charge in [0.2, 0.25) is 5.91 Å². The first-order valence-corrected chi connectivity index (χ1v) is 9.80. The third-order valence-corrected chi connectivity index (χ3v) is 5.87. The molecule has 0 spiro atoms. The van der Waals surface area contributed by atoms with Gasteiger partial charge in [-0.3, -0.25) is 9.36 Å². The molecular weight excluding hydrogens is 358 g/mol. The molecule has 1 fully saturated rings. The number of fused-ring (bicyclic) bond motifs is 1. The van der Waals surface area contributed by atoms with Crippen LogP contribution in [0, 0.1) is 13.8 Å². The third-order valence-electron chi connectivity index (χ3n) is 5.87. The minimum absolute atomic E-state index is 0.0529. The largest absolute Gasteiger partial charge is 0.368 e. The van der Waals surface area contributed by atoms with Crippen molar-refractivity contribution in [2.45, 2.75) is 32.9 Å². The number of ether oxygens (including phenoxy) is 1. The molecule has 150 valence electrons. The summed E-state index contributed by atoms with van der Waals surface area (Å²) in [7, 11) is 1.62. The Morgan fingerprint density at radius 3 is 2.68 bits per heavy atom. The molecule has 2 aliphatic heterocycles. The number of rotatable bonds is 3. The summed E-state index contributed by atoms with van der Waals surface area (Å²) in [6.07, 6.45) is -0.230. The number of nitrogens with zero attached hydrogens (tertiary/aromatic N) is 5. The van der Waals surface area contributed by atoms with E-state index in [0.29, 0.717) is 32.1 Å². The molecule has 4 rings (SSSR count). The number of benzene rings is 1. The van der Waals surface area contributed by atoms with E-state index in [1.165, 1.54) is 21.5 Å². The maximum Gasteiger partial charge on any atom is 0.345 e. The highest BCUT2D eigenvalue weighted by Crippen LogP contribution is 2.26. The summed E-state index contributed by atoms with van der Waals surface area (Å²) >= 11 is 0. The Hall–Kier alpha value is -2.61. The minimum atomic E-state index is -0.452. The predicted octanol–water partition coefficient (Wildman–Crippen LogP) is 1.01. The van der Waals surface area contributed by atoms with E-state index in [1.807, 2.05) is 4.90 Å². The van der Waals surface area contributed by atoms with Gasteiger partial charge in [-0.15, -0.1) is 0 Å². The van der Waals surface area contributed by atoms with Crippen LogP contribution >= 0.6 is 0 Å². The zero-order valence-electron chi connectivity index (χ0n) is 16.7. The zero-order valence-corrected chi connectivity index (χ0v) is 16.7. The molecule has 1 atom stereocenters. The Morgan fingerprint density at radius 1 is 1.18 bits per heavy atom. The van der Waals surface area contributed by atoms with Gasteiger partial charge in [0.25, 0.3) is 0 Å². The van der Waals surface area contributed by atoms with Crippen LogP contribution in [-0.4, -0.2) is 57.9 Å². The number of carbonyl (C=O) groups is 1. The molecule has 1 amide bonds. The van der Waals surface area contributed by atoms with Crippen LogP contribution in [0.2, 0.25) is 0 Å². The number of aromatic nitrogens is 3. The molecule has 8 nitrogen and oxygen atoms in total. The molecule has 2 aliphatic rings. The van der Waals surface area contributed by atoms with E-state index in [0.717, 1.165) is 13.1 Å². The van der Waals surface area contributed by atoms with Crippen molar-refractivity contribution in [3.63, 3.8) is 0 Å². The smallest absolute Gasteiger partial charge is 0.345 e. The van der Waals surface area contributed by atoms with Crippen molar-refractivity contribution < 1.29 is 9.53 Å². The van der Waals surface area contributed by atoms with Crippen LogP contribution in [0.3, 0.4) is 0 Å². The fourth-order valence-corrected chi connectivity index (χ4v) is 4.05. The summed E-state index contributed by atoms with van der Waals surface area (Å²) in [5.41, 5.74) is 3.68. The summed E-state index contributed by atoms with van der Waals surface area (Å²) in [5, 5.41) is 4.26. The third kappa shape index (κ3) is 3.32. The van der Waals surface area contributed by atoms with Crippen LogP contribution < -0.4 is 10.6 Å². The summed E-state index contributed by atoms with van der Waals surface area (Å²) in [6.45, 7) is 8.20. The molecular formula is C20H27N5O3. The number of anilines is 1. The molecule has 3 heterocycles. The van der Waals surface area contributed by atoms with Crippen molar-refractivity contribution in [3.05, 3.63) is 45.6 Å². The monoisotopic (exact) mass is 385 g/mol. The van der Waals surface area contributed by atoms with Crippen LogP contribution in [0.5, 0.6) is 0 Å². The van der Waals surface area contributed by atoms with Gasteiger partial charge >= 0.3 is 5.69 Å². The Morgan fingerprint density at radius 2 is 1.93 bits per heavy atom. The van der Waals surface area contributed by atoms with Crippen molar-refractivity contribution in [2.24, 2.45) is 7.05 Å². The Labute approximate surface area is 164 Å². The first kappa shape index (κ1) is 18.7. The van der Waals surface area contributed by atoms with E-state index < -0.39 is 6.10 Å². The molecule has 2 aromatic rings. The summed E-state index contributed by atoms with van der Waals surface area (Å²) in [6, 6.07) is 6.36. The predicted molar refractivity (Wildman–Crippen MR) is 105 cm³/mol. The van der Waals surface area contributed by atoms with E-state index >= 15 is 0 Å². The van der Waals surface area contributed by atoms with Gasteiger partial charge in [-0.05, 0) is 31.0 Å². The molecule has 1 aromatic carbocycles. The van der Waals surface area contributed by atoms with Crippen LogP contribution in [-0.2, 0) is 23.1 Å². The fraction of sp³-hybridized carbons (Fsp3) is 0.550. The van der Waals surface area contributed by atoms with Gasteiger partial charge in [0, 0.05) is 38.9 Å². The highest BCUT2D eigenvalue weighted by Gasteiger charge is 2.31. The lowest BCUT2D eigenvalue weighted by atomic mass is 10.1. The van der Waals surface area contributed by atoms with Crippen molar-refractivity contribution in [2.75, 3.05) is 37.7 Å². The second kappa shape index (κ2) is 7.43. The van der Waals surface area contributed by atoms with Crippen molar-refractivity contribution in [3.8, 4) is 0 Å². The molecule has 1 saturated heterocycles. The van der Waals surface area contributed by atoms with E-state index in [2.05, 4.69) is 42.0 Å². The normalized spacial score (nSPS) is 19.6. The van der Waals surface area contributed by atoms with Gasteiger partial charge < -0.3 is 14.5 Å². The Kier molecular flexibility index (Phi) is 4.97. The average molecular weight is 385 g/mol. The lowest BCUT2D eigenvalue weighted by Gasteiger charge is -2.37. The molecule has 0 bridgehead atoms.